The zero-order valence-corrected chi connectivity index (χ0v) is 18.5. The van der Waals surface area contributed by atoms with Crippen LogP contribution in [0.25, 0.3) is 11.1 Å². The molecule has 1 atom stereocenters. The molecule has 5 nitrogen and oxygen atoms in total. The van der Waals surface area contributed by atoms with E-state index in [2.05, 4.69) is 19.2 Å². The van der Waals surface area contributed by atoms with Gasteiger partial charge >= 0.3 is 0 Å². The van der Waals surface area contributed by atoms with Crippen molar-refractivity contribution in [3.63, 3.8) is 0 Å². The van der Waals surface area contributed by atoms with Gasteiger partial charge in [0, 0.05) is 11.1 Å². The first kappa shape index (κ1) is 21.1. The molecule has 1 amide bonds. The molecule has 0 bridgehead atoms. The Hall–Kier alpha value is -3.12. The maximum Gasteiger partial charge on any atom is 0.265 e. The van der Waals surface area contributed by atoms with Crippen molar-refractivity contribution in [3.8, 4) is 11.1 Å². The highest BCUT2D eigenvalue weighted by Gasteiger charge is 2.35. The highest BCUT2D eigenvalue weighted by Crippen LogP contribution is 2.42. The molecule has 0 aliphatic carbocycles. The molecule has 3 aromatic rings. The Morgan fingerprint density at radius 1 is 0.871 bits per heavy atom. The lowest BCUT2D eigenvalue weighted by atomic mass is 9.97. The van der Waals surface area contributed by atoms with Gasteiger partial charge in [-0.25, -0.2) is 8.42 Å². The minimum atomic E-state index is -3.84. The standard InChI is InChI=1S/C25H26N2O3S/c1-18(2)16-22(19-10-4-3-5-11-19)26-25(28)17-27-23-14-8-6-12-20(23)21-13-7-9-15-24(21)31(27,29)30/h3-15,18,22H,16-17H2,1-2H3,(H,26,28)/t22-/m1/s1. The summed E-state index contributed by atoms with van der Waals surface area (Å²) < 4.78 is 28.0. The van der Waals surface area contributed by atoms with Crippen molar-refractivity contribution in [1.29, 1.82) is 0 Å². The van der Waals surface area contributed by atoms with Gasteiger partial charge in [0.15, 0.2) is 0 Å². The van der Waals surface area contributed by atoms with Crippen molar-refractivity contribution in [2.75, 3.05) is 10.8 Å². The molecule has 6 heteroatoms. The lowest BCUT2D eigenvalue weighted by Gasteiger charge is -2.32. The summed E-state index contributed by atoms with van der Waals surface area (Å²) in [4.78, 5) is 13.3. The van der Waals surface area contributed by atoms with Crippen LogP contribution >= 0.6 is 0 Å². The molecule has 0 saturated heterocycles. The molecule has 0 fully saturated rings. The average molecular weight is 435 g/mol. The summed E-state index contributed by atoms with van der Waals surface area (Å²) in [6.45, 7) is 3.93. The second-order valence-electron chi connectivity index (χ2n) is 8.19. The van der Waals surface area contributed by atoms with Crippen molar-refractivity contribution >= 4 is 21.6 Å². The summed E-state index contributed by atoms with van der Waals surface area (Å²) in [6.07, 6.45) is 0.766. The van der Waals surface area contributed by atoms with Crippen LogP contribution in [0.2, 0.25) is 0 Å². The van der Waals surface area contributed by atoms with Crippen molar-refractivity contribution in [2.45, 2.75) is 31.2 Å². The molecule has 0 aromatic heterocycles. The van der Waals surface area contributed by atoms with Gasteiger partial charge in [-0.05, 0) is 30.0 Å². The molecule has 0 radical (unpaired) electrons. The molecule has 0 saturated carbocycles. The van der Waals surface area contributed by atoms with Crippen LogP contribution in [0.3, 0.4) is 0 Å². The Morgan fingerprint density at radius 3 is 2.19 bits per heavy atom. The first-order valence-electron chi connectivity index (χ1n) is 10.4. The van der Waals surface area contributed by atoms with E-state index in [1.54, 1.807) is 30.3 Å². The zero-order valence-electron chi connectivity index (χ0n) is 17.7. The lowest BCUT2D eigenvalue weighted by Crippen LogP contribution is -2.43. The van der Waals surface area contributed by atoms with Gasteiger partial charge in [0.2, 0.25) is 5.91 Å². The monoisotopic (exact) mass is 434 g/mol. The fraction of sp³-hybridized carbons (Fsp3) is 0.240. The second-order valence-corrected chi connectivity index (χ2v) is 10.0. The van der Waals surface area contributed by atoms with Crippen molar-refractivity contribution in [3.05, 3.63) is 84.4 Å². The first-order chi connectivity index (χ1) is 14.9. The predicted octanol–water partition coefficient (Wildman–Crippen LogP) is 4.77. The number of para-hydroxylation sites is 1. The Labute approximate surface area is 183 Å². The summed E-state index contributed by atoms with van der Waals surface area (Å²) in [5.74, 6) is 0.0455. The molecule has 1 heterocycles. The zero-order chi connectivity index (χ0) is 22.0. The first-order valence-corrected chi connectivity index (χ1v) is 11.9. The minimum Gasteiger partial charge on any atom is -0.348 e. The quantitative estimate of drug-likeness (QED) is 0.608. The summed E-state index contributed by atoms with van der Waals surface area (Å²) in [7, 11) is -3.84. The van der Waals surface area contributed by atoms with Gasteiger partial charge in [-0.3, -0.25) is 9.10 Å². The molecular weight excluding hydrogens is 408 g/mol. The number of carbonyl (C=O) groups is 1. The van der Waals surface area contributed by atoms with E-state index < -0.39 is 10.0 Å². The van der Waals surface area contributed by atoms with E-state index in [1.807, 2.05) is 48.5 Å². The largest absolute Gasteiger partial charge is 0.348 e. The molecule has 1 aliphatic heterocycles. The molecule has 1 N–H and O–H groups in total. The topological polar surface area (TPSA) is 66.5 Å². The van der Waals surface area contributed by atoms with E-state index in [0.717, 1.165) is 17.5 Å². The maximum atomic E-state index is 13.4. The predicted molar refractivity (Wildman–Crippen MR) is 123 cm³/mol. The van der Waals surface area contributed by atoms with Crippen LogP contribution in [-0.4, -0.2) is 20.9 Å². The van der Waals surface area contributed by atoms with Crippen LogP contribution in [0.1, 0.15) is 31.9 Å². The summed E-state index contributed by atoms with van der Waals surface area (Å²) in [6, 6.07) is 23.8. The summed E-state index contributed by atoms with van der Waals surface area (Å²) in [5, 5.41) is 3.06. The number of anilines is 1. The number of hydrogen-bond acceptors (Lipinski definition) is 3. The van der Waals surface area contributed by atoms with Gasteiger partial charge in [0.25, 0.3) is 10.0 Å². The van der Waals surface area contributed by atoms with Gasteiger partial charge in [0.1, 0.15) is 6.54 Å². The fourth-order valence-electron chi connectivity index (χ4n) is 4.06. The molecular formula is C25H26N2O3S. The number of nitrogens with zero attached hydrogens (tertiary/aromatic N) is 1. The highest BCUT2D eigenvalue weighted by molar-refractivity contribution is 7.93. The molecule has 0 spiro atoms. The Bertz CT molecular complexity index is 1190. The van der Waals surface area contributed by atoms with Crippen LogP contribution in [0, 0.1) is 5.92 Å². The third-order valence-corrected chi connectivity index (χ3v) is 7.27. The average Bonchev–Trinajstić information content (AvgIpc) is 2.77. The molecule has 160 valence electrons. The van der Waals surface area contributed by atoms with Gasteiger partial charge in [-0.2, -0.15) is 0 Å². The number of nitrogens with one attached hydrogen (secondary N) is 1. The maximum absolute atomic E-state index is 13.4. The second kappa shape index (κ2) is 8.55. The number of rotatable bonds is 6. The third kappa shape index (κ3) is 4.21. The Morgan fingerprint density at radius 2 is 1.48 bits per heavy atom. The summed E-state index contributed by atoms with van der Waals surface area (Å²) >= 11 is 0. The minimum absolute atomic E-state index is 0.177. The number of benzene rings is 3. The van der Waals surface area contributed by atoms with Gasteiger partial charge < -0.3 is 5.32 Å². The van der Waals surface area contributed by atoms with E-state index in [-0.39, 0.29) is 23.4 Å². The fourth-order valence-corrected chi connectivity index (χ4v) is 5.71. The van der Waals surface area contributed by atoms with Gasteiger partial charge in [-0.1, -0.05) is 80.6 Å². The van der Waals surface area contributed by atoms with Crippen LogP contribution in [0.4, 0.5) is 5.69 Å². The Kier molecular flexibility index (Phi) is 5.83. The highest BCUT2D eigenvalue weighted by atomic mass is 32.2. The van der Waals surface area contributed by atoms with E-state index >= 15 is 0 Å². The number of fused-ring (bicyclic) bond motifs is 3. The number of hydrogen-bond donors (Lipinski definition) is 1. The van der Waals surface area contributed by atoms with E-state index in [9.17, 15) is 13.2 Å². The van der Waals surface area contributed by atoms with Crippen molar-refractivity contribution in [2.24, 2.45) is 5.92 Å². The normalized spacial score (nSPS) is 15.1. The van der Waals surface area contributed by atoms with Crippen LogP contribution in [0.15, 0.2) is 83.8 Å². The van der Waals surface area contributed by atoms with Crippen molar-refractivity contribution in [1.82, 2.24) is 5.32 Å². The molecule has 31 heavy (non-hydrogen) atoms. The molecule has 0 unspecified atom stereocenters. The molecule has 4 rings (SSSR count). The van der Waals surface area contributed by atoms with Gasteiger partial charge in [-0.15, -0.1) is 0 Å². The molecule has 3 aromatic carbocycles. The number of carbonyl (C=O) groups excluding carboxylic acids is 1. The van der Waals surface area contributed by atoms with E-state index in [1.165, 1.54) is 4.31 Å². The summed E-state index contributed by atoms with van der Waals surface area (Å²) in [5.41, 5.74) is 3.01. The Balaban J connectivity index is 1.65. The number of sulfonamides is 1. The molecule has 1 aliphatic rings. The van der Waals surface area contributed by atoms with E-state index in [4.69, 9.17) is 0 Å². The van der Waals surface area contributed by atoms with Crippen LogP contribution in [-0.2, 0) is 14.8 Å². The van der Waals surface area contributed by atoms with Gasteiger partial charge in [0.05, 0.1) is 16.6 Å². The van der Waals surface area contributed by atoms with Crippen LogP contribution in [0.5, 0.6) is 0 Å². The smallest absolute Gasteiger partial charge is 0.265 e. The van der Waals surface area contributed by atoms with Crippen molar-refractivity contribution < 1.29 is 13.2 Å². The third-order valence-electron chi connectivity index (χ3n) is 5.45. The number of amides is 1. The van der Waals surface area contributed by atoms with Crippen LogP contribution < -0.4 is 9.62 Å². The van der Waals surface area contributed by atoms with E-state index in [0.29, 0.717) is 17.2 Å². The lowest BCUT2D eigenvalue weighted by molar-refractivity contribution is -0.120. The SMILES string of the molecule is CC(C)C[C@@H](NC(=O)CN1c2ccccc2-c2ccccc2S1(=O)=O)c1ccccc1.